The SMILES string of the molecule is COc1ccc(CNCc2cc(Cl)cc(Cl)c2)cc1OC. The Morgan fingerprint density at radius 1 is 0.810 bits per heavy atom. The molecule has 2 aromatic rings. The van der Waals surface area contributed by atoms with Crippen molar-refractivity contribution in [3.8, 4) is 11.5 Å². The number of hydrogen-bond donors (Lipinski definition) is 1. The quantitative estimate of drug-likeness (QED) is 0.858. The summed E-state index contributed by atoms with van der Waals surface area (Å²) in [6.07, 6.45) is 0. The molecule has 0 aliphatic rings. The fourth-order valence-corrected chi connectivity index (χ4v) is 2.63. The molecule has 0 bridgehead atoms. The highest BCUT2D eigenvalue weighted by molar-refractivity contribution is 6.34. The molecule has 0 unspecified atom stereocenters. The van der Waals surface area contributed by atoms with E-state index in [1.165, 1.54) is 0 Å². The summed E-state index contributed by atoms with van der Waals surface area (Å²) >= 11 is 12.0. The van der Waals surface area contributed by atoms with E-state index in [1.807, 2.05) is 30.3 Å². The van der Waals surface area contributed by atoms with Crippen LogP contribution in [-0.4, -0.2) is 14.2 Å². The van der Waals surface area contributed by atoms with Gasteiger partial charge in [0.1, 0.15) is 0 Å². The van der Waals surface area contributed by atoms with Gasteiger partial charge in [0.2, 0.25) is 0 Å². The van der Waals surface area contributed by atoms with Crippen LogP contribution in [0, 0.1) is 0 Å². The van der Waals surface area contributed by atoms with Gasteiger partial charge in [-0.1, -0.05) is 29.3 Å². The van der Waals surface area contributed by atoms with Gasteiger partial charge in [0.25, 0.3) is 0 Å². The van der Waals surface area contributed by atoms with Gasteiger partial charge in [0.05, 0.1) is 14.2 Å². The van der Waals surface area contributed by atoms with E-state index >= 15 is 0 Å². The van der Waals surface area contributed by atoms with Crippen molar-refractivity contribution < 1.29 is 9.47 Å². The van der Waals surface area contributed by atoms with Crippen molar-refractivity contribution >= 4 is 23.2 Å². The Kier molecular flexibility index (Phi) is 5.74. The molecule has 0 aliphatic heterocycles. The maximum absolute atomic E-state index is 5.98. The summed E-state index contributed by atoms with van der Waals surface area (Å²) in [5.74, 6) is 1.45. The van der Waals surface area contributed by atoms with Crippen molar-refractivity contribution in [2.45, 2.75) is 13.1 Å². The van der Waals surface area contributed by atoms with Crippen LogP contribution in [0.2, 0.25) is 10.0 Å². The predicted octanol–water partition coefficient (Wildman–Crippen LogP) is 4.30. The molecule has 0 atom stereocenters. The van der Waals surface area contributed by atoms with E-state index in [-0.39, 0.29) is 0 Å². The lowest BCUT2D eigenvalue weighted by molar-refractivity contribution is 0.354. The highest BCUT2D eigenvalue weighted by atomic mass is 35.5. The second-order valence-corrected chi connectivity index (χ2v) is 5.44. The summed E-state index contributed by atoms with van der Waals surface area (Å²) in [5.41, 5.74) is 2.16. The molecule has 0 aromatic heterocycles. The number of ether oxygens (including phenoxy) is 2. The van der Waals surface area contributed by atoms with Crippen LogP contribution in [0.3, 0.4) is 0 Å². The zero-order chi connectivity index (χ0) is 15.2. The summed E-state index contributed by atoms with van der Waals surface area (Å²) < 4.78 is 10.5. The molecule has 3 nitrogen and oxygen atoms in total. The molecule has 0 saturated carbocycles. The molecular formula is C16H17Cl2NO2. The Balaban J connectivity index is 1.97. The van der Waals surface area contributed by atoms with E-state index in [0.29, 0.717) is 23.1 Å². The molecule has 1 N–H and O–H groups in total. The van der Waals surface area contributed by atoms with E-state index in [9.17, 15) is 0 Å². The van der Waals surface area contributed by atoms with E-state index in [0.717, 1.165) is 22.6 Å². The van der Waals surface area contributed by atoms with Crippen LogP contribution < -0.4 is 14.8 Å². The molecule has 0 fully saturated rings. The molecule has 0 aliphatic carbocycles. The standard InChI is InChI=1S/C16H17Cl2NO2/c1-20-15-4-3-11(7-16(15)21-2)9-19-10-12-5-13(17)8-14(18)6-12/h3-8,19H,9-10H2,1-2H3. The highest BCUT2D eigenvalue weighted by Crippen LogP contribution is 2.27. The van der Waals surface area contributed by atoms with Gasteiger partial charge in [-0.2, -0.15) is 0 Å². The second kappa shape index (κ2) is 7.55. The number of benzene rings is 2. The first kappa shape index (κ1) is 16.0. The van der Waals surface area contributed by atoms with E-state index in [1.54, 1.807) is 20.3 Å². The van der Waals surface area contributed by atoms with Crippen molar-refractivity contribution in [1.82, 2.24) is 5.32 Å². The lowest BCUT2D eigenvalue weighted by atomic mass is 10.2. The van der Waals surface area contributed by atoms with Crippen LogP contribution in [0.15, 0.2) is 36.4 Å². The monoisotopic (exact) mass is 325 g/mol. The number of rotatable bonds is 6. The minimum atomic E-state index is 0.644. The van der Waals surface area contributed by atoms with Crippen LogP contribution in [0.1, 0.15) is 11.1 Å². The topological polar surface area (TPSA) is 30.5 Å². The summed E-state index contributed by atoms with van der Waals surface area (Å²) in [6, 6.07) is 11.4. The predicted molar refractivity (Wildman–Crippen MR) is 86.6 cm³/mol. The lowest BCUT2D eigenvalue weighted by Crippen LogP contribution is -2.12. The Labute approximate surface area is 134 Å². The number of halogens is 2. The van der Waals surface area contributed by atoms with Crippen LogP contribution in [0.4, 0.5) is 0 Å². The molecule has 0 spiro atoms. The Morgan fingerprint density at radius 2 is 1.43 bits per heavy atom. The highest BCUT2D eigenvalue weighted by Gasteiger charge is 2.04. The zero-order valence-electron chi connectivity index (χ0n) is 12.0. The van der Waals surface area contributed by atoms with Crippen molar-refractivity contribution in [1.29, 1.82) is 0 Å². The largest absolute Gasteiger partial charge is 0.493 e. The lowest BCUT2D eigenvalue weighted by Gasteiger charge is -2.10. The Bertz CT molecular complexity index is 597. The summed E-state index contributed by atoms with van der Waals surface area (Å²) in [5, 5.41) is 4.64. The van der Waals surface area contributed by atoms with Gasteiger partial charge in [0.15, 0.2) is 11.5 Å². The number of hydrogen-bond acceptors (Lipinski definition) is 3. The molecule has 2 aromatic carbocycles. The second-order valence-electron chi connectivity index (χ2n) is 4.57. The van der Waals surface area contributed by atoms with Crippen molar-refractivity contribution in [3.05, 3.63) is 57.6 Å². The number of nitrogens with one attached hydrogen (secondary N) is 1. The summed E-state index contributed by atoms with van der Waals surface area (Å²) in [6.45, 7) is 1.40. The molecule has 21 heavy (non-hydrogen) atoms. The van der Waals surface area contributed by atoms with Crippen molar-refractivity contribution in [2.75, 3.05) is 14.2 Å². The first-order valence-corrected chi connectivity index (χ1v) is 7.24. The van der Waals surface area contributed by atoms with Gasteiger partial charge in [-0.05, 0) is 41.5 Å². The van der Waals surface area contributed by atoms with Gasteiger partial charge in [0, 0.05) is 23.1 Å². The Hall–Kier alpha value is -1.42. The number of methoxy groups -OCH3 is 2. The molecule has 0 heterocycles. The molecule has 0 amide bonds. The molecule has 5 heteroatoms. The average molecular weight is 326 g/mol. The third-order valence-electron chi connectivity index (χ3n) is 3.03. The fraction of sp³-hybridized carbons (Fsp3) is 0.250. The first-order chi connectivity index (χ1) is 10.1. The van der Waals surface area contributed by atoms with E-state index in [2.05, 4.69) is 5.32 Å². The van der Waals surface area contributed by atoms with Crippen molar-refractivity contribution in [3.63, 3.8) is 0 Å². The van der Waals surface area contributed by atoms with Gasteiger partial charge in [-0.3, -0.25) is 0 Å². The smallest absolute Gasteiger partial charge is 0.161 e. The van der Waals surface area contributed by atoms with Crippen molar-refractivity contribution in [2.24, 2.45) is 0 Å². The third-order valence-corrected chi connectivity index (χ3v) is 3.46. The maximum Gasteiger partial charge on any atom is 0.161 e. The van der Waals surface area contributed by atoms with Crippen LogP contribution in [-0.2, 0) is 13.1 Å². The minimum Gasteiger partial charge on any atom is -0.493 e. The van der Waals surface area contributed by atoms with E-state index < -0.39 is 0 Å². The third kappa shape index (κ3) is 4.53. The molecule has 112 valence electrons. The van der Waals surface area contributed by atoms with Gasteiger partial charge < -0.3 is 14.8 Å². The molecular weight excluding hydrogens is 309 g/mol. The van der Waals surface area contributed by atoms with Gasteiger partial charge >= 0.3 is 0 Å². The molecule has 0 radical (unpaired) electrons. The molecule has 2 rings (SSSR count). The normalized spacial score (nSPS) is 10.5. The van der Waals surface area contributed by atoms with Gasteiger partial charge in [-0.15, -0.1) is 0 Å². The van der Waals surface area contributed by atoms with Gasteiger partial charge in [-0.25, -0.2) is 0 Å². The van der Waals surface area contributed by atoms with Crippen LogP contribution >= 0.6 is 23.2 Å². The zero-order valence-corrected chi connectivity index (χ0v) is 13.5. The molecule has 0 saturated heterocycles. The average Bonchev–Trinajstić information content (AvgIpc) is 2.46. The maximum atomic E-state index is 5.98. The summed E-state index contributed by atoms with van der Waals surface area (Å²) in [4.78, 5) is 0. The summed E-state index contributed by atoms with van der Waals surface area (Å²) in [7, 11) is 3.25. The first-order valence-electron chi connectivity index (χ1n) is 6.49. The Morgan fingerprint density at radius 3 is 2.05 bits per heavy atom. The van der Waals surface area contributed by atoms with E-state index in [4.69, 9.17) is 32.7 Å². The minimum absolute atomic E-state index is 0.644. The fourth-order valence-electron chi connectivity index (χ4n) is 2.05. The van der Waals surface area contributed by atoms with Crippen LogP contribution in [0.25, 0.3) is 0 Å². The van der Waals surface area contributed by atoms with Crippen LogP contribution in [0.5, 0.6) is 11.5 Å².